The highest BCUT2D eigenvalue weighted by molar-refractivity contribution is 6.28. The second kappa shape index (κ2) is 7.24. The van der Waals surface area contributed by atoms with Crippen LogP contribution in [0, 0.1) is 5.92 Å². The van der Waals surface area contributed by atoms with Gasteiger partial charge in [-0.1, -0.05) is 18.6 Å². The summed E-state index contributed by atoms with van der Waals surface area (Å²) in [6.45, 7) is 2.47. The van der Waals surface area contributed by atoms with Gasteiger partial charge in [-0.2, -0.15) is 23.1 Å². The Hall–Kier alpha value is -2.35. The van der Waals surface area contributed by atoms with Gasteiger partial charge in [0.1, 0.15) is 5.52 Å². The van der Waals surface area contributed by atoms with Crippen molar-refractivity contribution in [2.75, 3.05) is 5.32 Å². The Labute approximate surface area is 165 Å². The molecule has 1 aliphatic rings. The fraction of sp³-hybridized carbons (Fsp3) is 0.421. The van der Waals surface area contributed by atoms with E-state index in [-0.39, 0.29) is 11.3 Å². The van der Waals surface area contributed by atoms with Crippen LogP contribution in [0.15, 0.2) is 30.6 Å². The van der Waals surface area contributed by atoms with Gasteiger partial charge in [0.15, 0.2) is 11.5 Å². The van der Waals surface area contributed by atoms with Crippen molar-refractivity contribution in [2.45, 2.75) is 44.9 Å². The molecule has 1 atom stereocenters. The number of nitrogens with zero attached hydrogens (tertiary/aromatic N) is 4. The molecule has 1 N–H and O–H groups in total. The molecule has 0 amide bonds. The minimum Gasteiger partial charge on any atom is -0.365 e. The Bertz CT molecular complexity index is 980. The lowest BCUT2D eigenvalue weighted by molar-refractivity contribution is -0.137. The third kappa shape index (κ3) is 3.78. The van der Waals surface area contributed by atoms with Crippen LogP contribution in [0.4, 0.5) is 19.0 Å². The number of nitrogens with one attached hydrogen (secondary N) is 1. The molecule has 5 nitrogen and oxygen atoms in total. The van der Waals surface area contributed by atoms with Gasteiger partial charge in [-0.05, 0) is 55.0 Å². The van der Waals surface area contributed by atoms with Gasteiger partial charge in [-0.15, -0.1) is 0 Å². The molecule has 1 fully saturated rings. The zero-order valence-corrected chi connectivity index (χ0v) is 15.9. The maximum absolute atomic E-state index is 12.8. The molecular weight excluding hydrogens is 391 g/mol. The van der Waals surface area contributed by atoms with E-state index < -0.39 is 11.7 Å². The SMILES string of the molecule is C[C@@H](Nc1nc(Cl)nc2ncn(Cc3ccc(C(F)(F)F)cc3)c12)C1CCC1. The molecule has 3 aromatic rings. The largest absolute Gasteiger partial charge is 0.416 e. The lowest BCUT2D eigenvalue weighted by Gasteiger charge is -2.32. The van der Waals surface area contributed by atoms with Crippen molar-refractivity contribution in [3.05, 3.63) is 47.0 Å². The zero-order valence-electron chi connectivity index (χ0n) is 15.2. The molecule has 0 radical (unpaired) electrons. The molecule has 28 heavy (non-hydrogen) atoms. The highest BCUT2D eigenvalue weighted by Gasteiger charge is 2.30. The molecule has 1 aromatic carbocycles. The lowest BCUT2D eigenvalue weighted by Crippen LogP contribution is -2.31. The van der Waals surface area contributed by atoms with Crippen LogP contribution in [-0.4, -0.2) is 25.6 Å². The van der Waals surface area contributed by atoms with Crippen LogP contribution in [0.3, 0.4) is 0 Å². The van der Waals surface area contributed by atoms with E-state index in [2.05, 4.69) is 27.2 Å². The number of anilines is 1. The van der Waals surface area contributed by atoms with E-state index in [0.29, 0.717) is 29.4 Å². The van der Waals surface area contributed by atoms with Crippen LogP contribution in [-0.2, 0) is 12.7 Å². The first-order valence-electron chi connectivity index (χ1n) is 9.12. The molecule has 0 saturated heterocycles. The normalized spacial score (nSPS) is 16.2. The van der Waals surface area contributed by atoms with Crippen molar-refractivity contribution < 1.29 is 13.2 Å². The van der Waals surface area contributed by atoms with E-state index in [4.69, 9.17) is 11.6 Å². The zero-order chi connectivity index (χ0) is 19.9. The summed E-state index contributed by atoms with van der Waals surface area (Å²) in [5.41, 5.74) is 1.20. The molecule has 0 spiro atoms. The monoisotopic (exact) mass is 409 g/mol. The Kier molecular flexibility index (Phi) is 4.91. The first-order chi connectivity index (χ1) is 13.3. The van der Waals surface area contributed by atoms with Gasteiger partial charge in [0.25, 0.3) is 0 Å². The summed E-state index contributed by atoms with van der Waals surface area (Å²) in [5, 5.41) is 3.53. The predicted octanol–water partition coefficient (Wildman–Crippen LogP) is 5.15. The van der Waals surface area contributed by atoms with E-state index >= 15 is 0 Å². The first kappa shape index (κ1) is 19.0. The molecule has 0 bridgehead atoms. The molecule has 1 saturated carbocycles. The Morgan fingerprint density at radius 2 is 1.93 bits per heavy atom. The lowest BCUT2D eigenvalue weighted by atomic mass is 9.80. The van der Waals surface area contributed by atoms with Gasteiger partial charge in [0, 0.05) is 12.6 Å². The highest BCUT2D eigenvalue weighted by atomic mass is 35.5. The first-order valence-corrected chi connectivity index (χ1v) is 9.50. The Morgan fingerprint density at radius 3 is 2.54 bits per heavy atom. The number of benzene rings is 1. The number of hydrogen-bond donors (Lipinski definition) is 1. The van der Waals surface area contributed by atoms with Gasteiger partial charge in [0.2, 0.25) is 5.28 Å². The van der Waals surface area contributed by atoms with Gasteiger partial charge >= 0.3 is 6.18 Å². The average molecular weight is 410 g/mol. The van der Waals surface area contributed by atoms with Crippen LogP contribution < -0.4 is 5.32 Å². The maximum Gasteiger partial charge on any atom is 0.416 e. The van der Waals surface area contributed by atoms with E-state index in [1.54, 1.807) is 6.33 Å². The van der Waals surface area contributed by atoms with Crippen molar-refractivity contribution in [3.8, 4) is 0 Å². The third-order valence-electron chi connectivity index (χ3n) is 5.30. The van der Waals surface area contributed by atoms with Crippen LogP contribution in [0.2, 0.25) is 5.28 Å². The number of aromatic nitrogens is 4. The quantitative estimate of drug-likeness (QED) is 0.592. The summed E-state index contributed by atoms with van der Waals surface area (Å²) in [4.78, 5) is 12.8. The fourth-order valence-electron chi connectivity index (χ4n) is 3.44. The van der Waals surface area contributed by atoms with E-state index in [9.17, 15) is 13.2 Å². The number of halogens is 4. The van der Waals surface area contributed by atoms with Gasteiger partial charge in [-0.3, -0.25) is 0 Å². The number of imidazole rings is 1. The molecule has 0 aliphatic heterocycles. The molecule has 0 unspecified atom stereocenters. The van der Waals surface area contributed by atoms with Gasteiger partial charge < -0.3 is 9.88 Å². The van der Waals surface area contributed by atoms with Crippen LogP contribution in [0.25, 0.3) is 11.2 Å². The van der Waals surface area contributed by atoms with Crippen molar-refractivity contribution in [3.63, 3.8) is 0 Å². The molecule has 2 heterocycles. The van der Waals surface area contributed by atoms with Crippen LogP contribution in [0.5, 0.6) is 0 Å². The summed E-state index contributed by atoms with van der Waals surface area (Å²) < 4.78 is 40.1. The molecule has 9 heteroatoms. The van der Waals surface area contributed by atoms with Crippen LogP contribution >= 0.6 is 11.6 Å². The van der Waals surface area contributed by atoms with Crippen molar-refractivity contribution in [1.29, 1.82) is 0 Å². The molecule has 2 aromatic heterocycles. The topological polar surface area (TPSA) is 55.6 Å². The van der Waals surface area contributed by atoms with E-state index in [0.717, 1.165) is 17.7 Å². The standard InChI is InChI=1S/C19H19ClF3N5/c1-11(13-3-2-4-13)25-17-15-16(26-18(20)27-17)24-10-28(15)9-12-5-7-14(8-6-12)19(21,22)23/h5-8,10-11,13H,2-4,9H2,1H3,(H,25,26,27)/t11-/m1/s1. The number of alkyl halides is 3. The number of rotatable bonds is 5. The minimum atomic E-state index is -4.35. The van der Waals surface area contributed by atoms with E-state index in [1.165, 1.54) is 31.4 Å². The maximum atomic E-state index is 12.8. The summed E-state index contributed by atoms with van der Waals surface area (Å²) in [5.74, 6) is 1.19. The van der Waals surface area contributed by atoms with Crippen molar-refractivity contribution in [1.82, 2.24) is 19.5 Å². The summed E-state index contributed by atoms with van der Waals surface area (Å²) >= 11 is 6.05. The van der Waals surface area contributed by atoms with E-state index in [1.807, 2.05) is 4.57 Å². The average Bonchev–Trinajstić information content (AvgIpc) is 2.95. The molecule has 148 valence electrons. The predicted molar refractivity (Wildman–Crippen MR) is 101 cm³/mol. The minimum absolute atomic E-state index is 0.107. The second-order valence-electron chi connectivity index (χ2n) is 7.20. The number of hydrogen-bond acceptors (Lipinski definition) is 4. The third-order valence-corrected chi connectivity index (χ3v) is 5.47. The number of fused-ring (bicyclic) bond motifs is 1. The highest BCUT2D eigenvalue weighted by Crippen LogP contribution is 2.33. The molecule has 4 rings (SSSR count). The summed E-state index contributed by atoms with van der Waals surface area (Å²) in [6.07, 6.45) is 0.858. The van der Waals surface area contributed by atoms with Gasteiger partial charge in [-0.25, -0.2) is 4.98 Å². The molecule has 1 aliphatic carbocycles. The van der Waals surface area contributed by atoms with Crippen molar-refractivity contribution >= 4 is 28.6 Å². The second-order valence-corrected chi connectivity index (χ2v) is 7.54. The van der Waals surface area contributed by atoms with Crippen LogP contribution in [0.1, 0.15) is 37.3 Å². The summed E-state index contributed by atoms with van der Waals surface area (Å²) in [7, 11) is 0. The fourth-order valence-corrected chi connectivity index (χ4v) is 3.61. The molecular formula is C19H19ClF3N5. The Morgan fingerprint density at radius 1 is 1.21 bits per heavy atom. The summed E-state index contributed by atoms with van der Waals surface area (Å²) in [6, 6.07) is 5.34. The smallest absolute Gasteiger partial charge is 0.365 e. The van der Waals surface area contributed by atoms with Crippen molar-refractivity contribution in [2.24, 2.45) is 5.92 Å². The van der Waals surface area contributed by atoms with Gasteiger partial charge in [0.05, 0.1) is 11.9 Å². The Balaban J connectivity index is 1.64.